The number of aliphatic hydroxyl groups is 1. The number of phenolic OH excluding ortho intramolecular Hbond substituents is 3. The number of rotatable bonds is 5. The minimum absolute atomic E-state index is 0. The molecular formula is C13H22ClNO4. The molecule has 0 saturated heterocycles. The maximum absolute atomic E-state index is 9.93. The molecule has 19 heavy (non-hydrogen) atoms. The van der Waals surface area contributed by atoms with Crippen LogP contribution in [0.4, 0.5) is 0 Å². The van der Waals surface area contributed by atoms with Crippen LogP contribution < -0.4 is 5.73 Å². The zero-order valence-corrected chi connectivity index (χ0v) is 11.9. The average molecular weight is 292 g/mol. The van der Waals surface area contributed by atoms with Crippen molar-refractivity contribution in [3.63, 3.8) is 0 Å². The minimum atomic E-state index is -0.885. The Balaban J connectivity index is 0.00000324. The second-order valence-electron chi connectivity index (χ2n) is 4.96. The van der Waals surface area contributed by atoms with Crippen molar-refractivity contribution in [3.05, 3.63) is 17.7 Å². The first-order valence-corrected chi connectivity index (χ1v) is 6.01. The van der Waals surface area contributed by atoms with Gasteiger partial charge in [0.2, 0.25) is 0 Å². The van der Waals surface area contributed by atoms with E-state index >= 15 is 0 Å². The summed E-state index contributed by atoms with van der Waals surface area (Å²) in [6, 6.07) is 1.29. The maximum atomic E-state index is 9.93. The molecule has 110 valence electrons. The second-order valence-corrected chi connectivity index (χ2v) is 4.96. The molecule has 0 aromatic heterocycles. The van der Waals surface area contributed by atoms with Crippen molar-refractivity contribution in [1.29, 1.82) is 0 Å². The summed E-state index contributed by atoms with van der Waals surface area (Å²) < 4.78 is 0. The van der Waals surface area contributed by atoms with Gasteiger partial charge in [0.05, 0.1) is 17.7 Å². The summed E-state index contributed by atoms with van der Waals surface area (Å²) in [5.74, 6) is -0.446. The van der Waals surface area contributed by atoms with Crippen LogP contribution in [0.2, 0.25) is 0 Å². The lowest BCUT2D eigenvalue weighted by Gasteiger charge is -2.21. The third-order valence-corrected chi connectivity index (χ3v) is 2.91. The predicted molar refractivity (Wildman–Crippen MR) is 75.7 cm³/mol. The van der Waals surface area contributed by atoms with Crippen molar-refractivity contribution >= 4 is 12.4 Å². The molecule has 1 aromatic rings. The zero-order valence-electron chi connectivity index (χ0n) is 11.1. The van der Waals surface area contributed by atoms with Gasteiger partial charge in [-0.05, 0) is 18.8 Å². The van der Waals surface area contributed by atoms with Gasteiger partial charge < -0.3 is 26.2 Å². The Kier molecular flexibility index (Phi) is 6.97. The van der Waals surface area contributed by atoms with Gasteiger partial charge in [0, 0.05) is 12.1 Å². The number of halogens is 1. The van der Waals surface area contributed by atoms with E-state index < -0.39 is 12.1 Å². The number of aromatic hydroxyl groups is 3. The number of benzene rings is 1. The third-order valence-electron chi connectivity index (χ3n) is 2.91. The van der Waals surface area contributed by atoms with Crippen molar-refractivity contribution in [2.45, 2.75) is 38.8 Å². The highest BCUT2D eigenvalue weighted by Gasteiger charge is 2.23. The van der Waals surface area contributed by atoms with Crippen LogP contribution >= 0.6 is 12.4 Å². The predicted octanol–water partition coefficient (Wildman–Crippen LogP) is 2.02. The molecule has 1 aromatic carbocycles. The van der Waals surface area contributed by atoms with Crippen molar-refractivity contribution in [2.24, 2.45) is 11.7 Å². The van der Waals surface area contributed by atoms with Crippen LogP contribution in [-0.4, -0.2) is 26.5 Å². The Hall–Kier alpha value is -1.17. The molecule has 0 radical (unpaired) electrons. The molecule has 0 bridgehead atoms. The van der Waals surface area contributed by atoms with E-state index in [2.05, 4.69) is 0 Å². The highest BCUT2D eigenvalue weighted by Crippen LogP contribution is 2.37. The van der Waals surface area contributed by atoms with E-state index in [-0.39, 0.29) is 35.2 Å². The van der Waals surface area contributed by atoms with Crippen molar-refractivity contribution in [2.75, 3.05) is 0 Å². The summed E-state index contributed by atoms with van der Waals surface area (Å²) in [6.45, 7) is 4.07. The van der Waals surface area contributed by atoms with Crippen LogP contribution in [0.3, 0.4) is 0 Å². The molecule has 1 rings (SSSR count). The Labute approximate surface area is 119 Å². The van der Waals surface area contributed by atoms with E-state index in [1.807, 2.05) is 13.8 Å². The topological polar surface area (TPSA) is 107 Å². The molecular weight excluding hydrogens is 270 g/mol. The molecule has 5 nitrogen and oxygen atoms in total. The molecule has 0 fully saturated rings. The Morgan fingerprint density at radius 3 is 1.95 bits per heavy atom. The van der Waals surface area contributed by atoms with Crippen molar-refractivity contribution in [3.8, 4) is 17.2 Å². The number of nitrogens with two attached hydrogens (primary N) is 1. The van der Waals surface area contributed by atoms with Gasteiger partial charge in [-0.15, -0.1) is 12.4 Å². The molecule has 0 heterocycles. The molecule has 0 aliphatic carbocycles. The van der Waals surface area contributed by atoms with Gasteiger partial charge >= 0.3 is 0 Å². The standard InChI is InChI=1S/C13H21NO4.ClH/c1-7(2)3-4-9(16)13(14)12-10(17)5-8(15)6-11(12)18;/h5-7,9,13,15-18H,3-4,14H2,1-2H3;1H/t9-,13-;/m0./s1. The van der Waals surface area contributed by atoms with Gasteiger partial charge in [0.1, 0.15) is 17.2 Å². The van der Waals surface area contributed by atoms with Gasteiger partial charge in [0.25, 0.3) is 0 Å². The highest BCUT2D eigenvalue weighted by atomic mass is 35.5. The fourth-order valence-corrected chi connectivity index (χ4v) is 1.83. The largest absolute Gasteiger partial charge is 0.508 e. The lowest BCUT2D eigenvalue weighted by Crippen LogP contribution is -2.26. The summed E-state index contributed by atoms with van der Waals surface area (Å²) in [5, 5.41) is 38.4. The number of aliphatic hydroxyl groups excluding tert-OH is 1. The van der Waals surface area contributed by atoms with Crippen LogP contribution in [0.1, 0.15) is 38.3 Å². The Morgan fingerprint density at radius 2 is 1.53 bits per heavy atom. The lowest BCUT2D eigenvalue weighted by atomic mass is 9.94. The van der Waals surface area contributed by atoms with E-state index in [9.17, 15) is 20.4 Å². The monoisotopic (exact) mass is 291 g/mol. The quantitative estimate of drug-likeness (QED) is 0.570. The lowest BCUT2D eigenvalue weighted by molar-refractivity contribution is 0.126. The van der Waals surface area contributed by atoms with Crippen LogP contribution in [0.5, 0.6) is 17.2 Å². The first kappa shape index (κ1) is 17.8. The van der Waals surface area contributed by atoms with E-state index in [0.717, 1.165) is 18.6 Å². The van der Waals surface area contributed by atoms with E-state index in [0.29, 0.717) is 12.3 Å². The second kappa shape index (κ2) is 7.43. The molecule has 6 heteroatoms. The van der Waals surface area contributed by atoms with E-state index in [1.54, 1.807) is 0 Å². The number of hydrogen-bond donors (Lipinski definition) is 5. The van der Waals surface area contributed by atoms with Gasteiger partial charge in [-0.25, -0.2) is 0 Å². The molecule has 0 amide bonds. The molecule has 0 unspecified atom stereocenters. The van der Waals surface area contributed by atoms with Crippen molar-refractivity contribution < 1.29 is 20.4 Å². The maximum Gasteiger partial charge on any atom is 0.127 e. The van der Waals surface area contributed by atoms with E-state index in [4.69, 9.17) is 5.73 Å². The summed E-state index contributed by atoms with van der Waals surface area (Å²) in [5.41, 5.74) is 5.88. The summed E-state index contributed by atoms with van der Waals surface area (Å²) >= 11 is 0. The Bertz CT molecular complexity index is 389. The minimum Gasteiger partial charge on any atom is -0.508 e. The summed E-state index contributed by atoms with van der Waals surface area (Å²) in [6.07, 6.45) is 0.432. The molecule has 0 spiro atoms. The number of hydrogen-bond acceptors (Lipinski definition) is 5. The first-order chi connectivity index (χ1) is 8.32. The molecule has 6 N–H and O–H groups in total. The SMILES string of the molecule is CC(C)CC[C@H](O)[C@H](N)c1c(O)cc(O)cc1O.Cl. The van der Waals surface area contributed by atoms with Crippen LogP contribution in [0.15, 0.2) is 12.1 Å². The fourth-order valence-electron chi connectivity index (χ4n) is 1.83. The molecule has 0 aliphatic heterocycles. The van der Waals surface area contributed by atoms with Crippen LogP contribution in [-0.2, 0) is 0 Å². The highest BCUT2D eigenvalue weighted by molar-refractivity contribution is 5.85. The Morgan fingerprint density at radius 1 is 1.05 bits per heavy atom. The first-order valence-electron chi connectivity index (χ1n) is 6.01. The van der Waals surface area contributed by atoms with Crippen molar-refractivity contribution in [1.82, 2.24) is 0 Å². The number of phenols is 3. The van der Waals surface area contributed by atoms with Crippen LogP contribution in [0, 0.1) is 5.92 Å². The molecule has 0 aliphatic rings. The van der Waals surface area contributed by atoms with Gasteiger partial charge in [-0.3, -0.25) is 0 Å². The van der Waals surface area contributed by atoms with Crippen LogP contribution in [0.25, 0.3) is 0 Å². The normalized spacial score (nSPS) is 13.9. The summed E-state index contributed by atoms with van der Waals surface area (Å²) in [4.78, 5) is 0. The van der Waals surface area contributed by atoms with Gasteiger partial charge in [-0.1, -0.05) is 13.8 Å². The third kappa shape index (κ3) is 4.78. The fraction of sp³-hybridized carbons (Fsp3) is 0.538. The van der Waals surface area contributed by atoms with Gasteiger partial charge in [-0.2, -0.15) is 0 Å². The molecule has 0 saturated carbocycles. The summed E-state index contributed by atoms with van der Waals surface area (Å²) in [7, 11) is 0. The molecule has 2 atom stereocenters. The average Bonchev–Trinajstić information content (AvgIpc) is 2.24. The van der Waals surface area contributed by atoms with E-state index in [1.165, 1.54) is 0 Å². The van der Waals surface area contributed by atoms with Gasteiger partial charge in [0.15, 0.2) is 0 Å². The zero-order chi connectivity index (χ0) is 13.9. The smallest absolute Gasteiger partial charge is 0.127 e.